The minimum absolute atomic E-state index is 0.0964. The van der Waals surface area contributed by atoms with E-state index in [0.29, 0.717) is 12.5 Å². The maximum Gasteiger partial charge on any atom is 0.407 e. The molecule has 5 nitrogen and oxygen atoms in total. The first-order valence-electron chi connectivity index (χ1n) is 4.23. The Morgan fingerprint density at radius 3 is 3.00 bits per heavy atom. The van der Waals surface area contributed by atoms with Crippen molar-refractivity contribution in [3.63, 3.8) is 0 Å². The van der Waals surface area contributed by atoms with Gasteiger partial charge in [0.1, 0.15) is 6.61 Å². The topological polar surface area (TPSA) is 60.5 Å². The molecule has 0 aromatic carbocycles. The lowest BCUT2D eigenvalue weighted by Crippen LogP contribution is -2.18. The molecular weight excluding hydrogens is 184 g/mol. The number of alkyl carbamates (subject to hydrolysis) is 1. The zero-order chi connectivity index (χ0) is 9.97. The number of cyclic esters (lactones) is 1. The highest BCUT2D eigenvalue weighted by atomic mass is 16.6. The number of methoxy groups -OCH3 is 1. The van der Waals surface area contributed by atoms with E-state index >= 15 is 0 Å². The van der Waals surface area contributed by atoms with E-state index in [1.165, 1.54) is 0 Å². The van der Waals surface area contributed by atoms with Crippen molar-refractivity contribution in [2.45, 2.75) is 6.04 Å². The van der Waals surface area contributed by atoms with E-state index in [0.717, 1.165) is 5.56 Å². The summed E-state index contributed by atoms with van der Waals surface area (Å²) in [5.41, 5.74) is 0.914. The van der Waals surface area contributed by atoms with Crippen LogP contribution in [0.5, 0.6) is 5.88 Å². The number of carbonyl (C=O) groups excluding carboxylic acids is 1. The van der Waals surface area contributed by atoms with Crippen molar-refractivity contribution in [2.75, 3.05) is 13.7 Å². The lowest BCUT2D eigenvalue weighted by atomic mass is 10.1. The van der Waals surface area contributed by atoms with Crippen LogP contribution in [0.3, 0.4) is 0 Å². The molecule has 14 heavy (non-hydrogen) atoms. The first-order chi connectivity index (χ1) is 6.79. The fraction of sp³-hybridized carbons (Fsp3) is 0.333. The molecule has 1 amide bonds. The van der Waals surface area contributed by atoms with Gasteiger partial charge in [-0.25, -0.2) is 9.78 Å². The average molecular weight is 194 g/mol. The van der Waals surface area contributed by atoms with E-state index in [1.54, 1.807) is 19.4 Å². The Balaban J connectivity index is 2.13. The summed E-state index contributed by atoms with van der Waals surface area (Å²) in [6.07, 6.45) is 1.28. The van der Waals surface area contributed by atoms with Crippen LogP contribution in [-0.2, 0) is 4.74 Å². The van der Waals surface area contributed by atoms with Gasteiger partial charge in [-0.3, -0.25) is 0 Å². The van der Waals surface area contributed by atoms with Gasteiger partial charge in [0, 0.05) is 12.3 Å². The molecule has 1 N–H and O–H groups in total. The average Bonchev–Trinajstić information content (AvgIpc) is 2.65. The number of nitrogens with zero attached hydrogens (tertiary/aromatic N) is 1. The second-order valence-electron chi connectivity index (χ2n) is 2.93. The summed E-state index contributed by atoms with van der Waals surface area (Å²) in [7, 11) is 1.56. The first kappa shape index (κ1) is 8.80. The highest BCUT2D eigenvalue weighted by Gasteiger charge is 2.23. The number of carbonyl (C=O) groups is 1. The van der Waals surface area contributed by atoms with E-state index in [9.17, 15) is 4.79 Å². The van der Waals surface area contributed by atoms with Crippen molar-refractivity contribution in [2.24, 2.45) is 0 Å². The quantitative estimate of drug-likeness (QED) is 0.758. The molecule has 0 spiro atoms. The van der Waals surface area contributed by atoms with Crippen LogP contribution in [0.25, 0.3) is 0 Å². The van der Waals surface area contributed by atoms with Gasteiger partial charge in [0.25, 0.3) is 0 Å². The van der Waals surface area contributed by atoms with Crippen LogP contribution >= 0.6 is 0 Å². The number of amides is 1. The maximum atomic E-state index is 10.8. The molecule has 1 aliphatic heterocycles. The Kier molecular flexibility index (Phi) is 2.22. The maximum absolute atomic E-state index is 10.8. The van der Waals surface area contributed by atoms with Crippen LogP contribution in [0.1, 0.15) is 11.6 Å². The number of ether oxygens (including phenoxy) is 2. The molecular formula is C9H10N2O3. The van der Waals surface area contributed by atoms with E-state index < -0.39 is 0 Å². The molecule has 1 fully saturated rings. The molecule has 1 saturated heterocycles. The normalized spacial score (nSPS) is 20.1. The van der Waals surface area contributed by atoms with Crippen LogP contribution in [0, 0.1) is 0 Å². The minimum Gasteiger partial charge on any atom is -0.481 e. The molecule has 0 saturated carbocycles. The summed E-state index contributed by atoms with van der Waals surface area (Å²) in [6, 6.07) is 3.51. The second-order valence-corrected chi connectivity index (χ2v) is 2.93. The van der Waals surface area contributed by atoms with Crippen LogP contribution < -0.4 is 10.1 Å². The van der Waals surface area contributed by atoms with Gasteiger partial charge in [-0.2, -0.15) is 0 Å². The largest absolute Gasteiger partial charge is 0.481 e. The second kappa shape index (κ2) is 3.53. The summed E-state index contributed by atoms with van der Waals surface area (Å²) in [5.74, 6) is 0.555. The zero-order valence-electron chi connectivity index (χ0n) is 7.69. The van der Waals surface area contributed by atoms with E-state index in [1.807, 2.05) is 6.07 Å². The summed E-state index contributed by atoms with van der Waals surface area (Å²) in [6.45, 7) is 0.354. The Morgan fingerprint density at radius 2 is 2.50 bits per heavy atom. The molecule has 0 aliphatic carbocycles. The molecule has 2 rings (SSSR count). The number of rotatable bonds is 2. The number of pyridine rings is 1. The summed E-state index contributed by atoms with van der Waals surface area (Å²) in [4.78, 5) is 14.8. The van der Waals surface area contributed by atoms with Gasteiger partial charge in [0.2, 0.25) is 5.88 Å². The molecule has 0 radical (unpaired) electrons. The van der Waals surface area contributed by atoms with Crippen molar-refractivity contribution < 1.29 is 14.3 Å². The minimum atomic E-state index is -0.384. The molecule has 2 heterocycles. The van der Waals surface area contributed by atoms with Crippen LogP contribution in [-0.4, -0.2) is 24.8 Å². The van der Waals surface area contributed by atoms with Gasteiger partial charge in [-0.05, 0) is 11.6 Å². The lowest BCUT2D eigenvalue weighted by molar-refractivity contribution is 0.177. The summed E-state index contributed by atoms with van der Waals surface area (Å²) >= 11 is 0. The van der Waals surface area contributed by atoms with Gasteiger partial charge in [0.05, 0.1) is 13.2 Å². The predicted octanol–water partition coefficient (Wildman–Crippen LogP) is 0.871. The van der Waals surface area contributed by atoms with Crippen molar-refractivity contribution in [3.05, 3.63) is 23.9 Å². The fourth-order valence-electron chi connectivity index (χ4n) is 1.28. The summed E-state index contributed by atoms with van der Waals surface area (Å²) in [5, 5.41) is 2.67. The van der Waals surface area contributed by atoms with Crippen molar-refractivity contribution in [1.29, 1.82) is 0 Å². The molecule has 1 aromatic heterocycles. The number of nitrogens with one attached hydrogen (secondary N) is 1. The van der Waals surface area contributed by atoms with Gasteiger partial charge < -0.3 is 14.8 Å². The highest BCUT2D eigenvalue weighted by Crippen LogP contribution is 2.18. The molecule has 1 aliphatic rings. The van der Waals surface area contributed by atoms with Crippen LogP contribution in [0.15, 0.2) is 18.3 Å². The molecule has 1 unspecified atom stereocenters. The highest BCUT2D eigenvalue weighted by molar-refractivity contribution is 5.70. The SMILES string of the molecule is COc1ccc(C2COC(=O)N2)cn1. The Bertz CT molecular complexity index is 336. The third-order valence-corrected chi connectivity index (χ3v) is 2.04. The number of aromatic nitrogens is 1. The van der Waals surface area contributed by atoms with Gasteiger partial charge in [-0.1, -0.05) is 0 Å². The lowest BCUT2D eigenvalue weighted by Gasteiger charge is -2.06. The third kappa shape index (κ3) is 1.61. The van der Waals surface area contributed by atoms with E-state index in [2.05, 4.69) is 10.3 Å². The Labute approximate surface area is 81.0 Å². The standard InChI is InChI=1S/C9H10N2O3/c1-13-8-3-2-6(4-10-8)7-5-14-9(12)11-7/h2-4,7H,5H2,1H3,(H,11,12). The van der Waals surface area contributed by atoms with Gasteiger partial charge >= 0.3 is 6.09 Å². The van der Waals surface area contributed by atoms with E-state index in [-0.39, 0.29) is 12.1 Å². The Morgan fingerprint density at radius 1 is 1.64 bits per heavy atom. The molecule has 1 aromatic rings. The van der Waals surface area contributed by atoms with Crippen LogP contribution in [0.4, 0.5) is 4.79 Å². The number of hydrogen-bond acceptors (Lipinski definition) is 4. The Hall–Kier alpha value is -1.78. The monoisotopic (exact) mass is 194 g/mol. The first-order valence-corrected chi connectivity index (χ1v) is 4.23. The van der Waals surface area contributed by atoms with Gasteiger partial charge in [0.15, 0.2) is 0 Å². The zero-order valence-corrected chi connectivity index (χ0v) is 7.69. The van der Waals surface area contributed by atoms with Crippen LogP contribution in [0.2, 0.25) is 0 Å². The van der Waals surface area contributed by atoms with Crippen molar-refractivity contribution in [1.82, 2.24) is 10.3 Å². The summed E-state index contributed by atoms with van der Waals surface area (Å²) < 4.78 is 9.69. The van der Waals surface area contributed by atoms with Crippen molar-refractivity contribution >= 4 is 6.09 Å². The number of hydrogen-bond donors (Lipinski definition) is 1. The molecule has 1 atom stereocenters. The van der Waals surface area contributed by atoms with E-state index in [4.69, 9.17) is 9.47 Å². The molecule has 5 heteroatoms. The fourth-order valence-corrected chi connectivity index (χ4v) is 1.28. The third-order valence-electron chi connectivity index (χ3n) is 2.04. The smallest absolute Gasteiger partial charge is 0.407 e. The van der Waals surface area contributed by atoms with Gasteiger partial charge in [-0.15, -0.1) is 0 Å². The predicted molar refractivity (Wildman–Crippen MR) is 48.0 cm³/mol. The molecule has 0 bridgehead atoms. The molecule has 74 valence electrons. The van der Waals surface area contributed by atoms with Crippen molar-refractivity contribution in [3.8, 4) is 5.88 Å².